The maximum absolute atomic E-state index is 13.7. The molecule has 1 N–H and O–H groups in total. The molecule has 3 aromatic rings. The van der Waals surface area contributed by atoms with Gasteiger partial charge in [0, 0.05) is 24.8 Å². The highest BCUT2D eigenvalue weighted by atomic mass is 32.1. The Balaban J connectivity index is 1.79. The standard InChI is InChI=1S/C28H27F6N3S/c29-27(30,31)22-14-23(28(32,33)34)16-25(15-22)37(18-21-10-5-2-6-11-21)26(38)36(19-24-12-7-13-35-24)17-20-8-3-1-4-9-20/h1-6,8-11,14-16,24,35H,7,12-13,17-19H2/t24-/m0/s1. The second-order valence-electron chi connectivity index (χ2n) is 9.28. The van der Waals surface area contributed by atoms with Crippen LogP contribution >= 0.6 is 12.2 Å². The fraction of sp³-hybridized carbons (Fsp3) is 0.321. The number of nitrogens with zero attached hydrogens (tertiary/aromatic N) is 2. The van der Waals surface area contributed by atoms with Crippen LogP contribution in [0.5, 0.6) is 0 Å². The van der Waals surface area contributed by atoms with E-state index in [4.69, 9.17) is 12.2 Å². The van der Waals surface area contributed by atoms with Gasteiger partial charge >= 0.3 is 12.4 Å². The van der Waals surface area contributed by atoms with E-state index in [1.807, 2.05) is 35.2 Å². The third-order valence-electron chi connectivity index (χ3n) is 6.39. The lowest BCUT2D eigenvalue weighted by Gasteiger charge is -2.36. The Hall–Kier alpha value is -3.11. The average Bonchev–Trinajstić information content (AvgIpc) is 3.40. The number of rotatable bonds is 7. The summed E-state index contributed by atoms with van der Waals surface area (Å²) in [5.41, 5.74) is -1.41. The maximum Gasteiger partial charge on any atom is 0.416 e. The van der Waals surface area contributed by atoms with Gasteiger partial charge < -0.3 is 15.1 Å². The molecule has 0 saturated carbocycles. The summed E-state index contributed by atoms with van der Waals surface area (Å²) >= 11 is 5.85. The van der Waals surface area contributed by atoms with Crippen LogP contribution in [0, 0.1) is 0 Å². The van der Waals surface area contributed by atoms with Gasteiger partial charge in [0.15, 0.2) is 5.11 Å². The summed E-state index contributed by atoms with van der Waals surface area (Å²) in [4.78, 5) is 3.22. The van der Waals surface area contributed by atoms with E-state index in [2.05, 4.69) is 5.32 Å². The molecule has 1 aliphatic heterocycles. The summed E-state index contributed by atoms with van der Waals surface area (Å²) in [5, 5.41) is 3.55. The number of hydrogen-bond donors (Lipinski definition) is 1. The van der Waals surface area contributed by atoms with Gasteiger partial charge in [-0.3, -0.25) is 0 Å². The number of hydrogen-bond acceptors (Lipinski definition) is 2. The Bertz CT molecular complexity index is 1180. The van der Waals surface area contributed by atoms with Crippen LogP contribution < -0.4 is 10.2 Å². The molecule has 0 radical (unpaired) electrons. The van der Waals surface area contributed by atoms with Crippen molar-refractivity contribution in [3.8, 4) is 0 Å². The van der Waals surface area contributed by atoms with E-state index in [-0.39, 0.29) is 29.5 Å². The molecule has 1 atom stereocenters. The minimum Gasteiger partial charge on any atom is -0.343 e. The van der Waals surface area contributed by atoms with Gasteiger partial charge in [0.1, 0.15) is 0 Å². The maximum atomic E-state index is 13.7. The van der Waals surface area contributed by atoms with Crippen LogP contribution in [0.2, 0.25) is 0 Å². The smallest absolute Gasteiger partial charge is 0.343 e. The molecule has 0 bridgehead atoms. The Morgan fingerprint density at radius 3 is 1.79 bits per heavy atom. The average molecular weight is 552 g/mol. The van der Waals surface area contributed by atoms with Crippen molar-refractivity contribution in [2.75, 3.05) is 18.0 Å². The molecule has 0 aromatic heterocycles. The molecule has 0 amide bonds. The summed E-state index contributed by atoms with van der Waals surface area (Å²) in [6.45, 7) is 1.66. The van der Waals surface area contributed by atoms with Crippen LogP contribution in [0.15, 0.2) is 78.9 Å². The van der Waals surface area contributed by atoms with Gasteiger partial charge in [-0.1, -0.05) is 60.7 Å². The van der Waals surface area contributed by atoms with Crippen LogP contribution in [-0.2, 0) is 25.4 Å². The summed E-state index contributed by atoms with van der Waals surface area (Å²) in [5.74, 6) is 0. The first-order chi connectivity index (χ1) is 18.0. The first-order valence-electron chi connectivity index (χ1n) is 12.2. The van der Waals surface area contributed by atoms with E-state index in [9.17, 15) is 26.3 Å². The molecule has 0 unspecified atom stereocenters. The van der Waals surface area contributed by atoms with Crippen LogP contribution in [0.4, 0.5) is 32.0 Å². The summed E-state index contributed by atoms with van der Waals surface area (Å²) in [6.07, 6.45) is -8.05. The van der Waals surface area contributed by atoms with Crippen LogP contribution in [0.25, 0.3) is 0 Å². The minimum atomic E-state index is -4.96. The highest BCUT2D eigenvalue weighted by molar-refractivity contribution is 7.80. The van der Waals surface area contributed by atoms with Gasteiger partial charge in [0.05, 0.1) is 17.7 Å². The Kier molecular flexibility index (Phi) is 8.62. The number of alkyl halides is 6. The van der Waals surface area contributed by atoms with E-state index >= 15 is 0 Å². The highest BCUT2D eigenvalue weighted by Crippen LogP contribution is 2.39. The van der Waals surface area contributed by atoms with Crippen molar-refractivity contribution in [2.24, 2.45) is 0 Å². The van der Waals surface area contributed by atoms with Gasteiger partial charge in [0.25, 0.3) is 0 Å². The van der Waals surface area contributed by atoms with Gasteiger partial charge in [-0.15, -0.1) is 0 Å². The molecule has 0 aliphatic carbocycles. The van der Waals surface area contributed by atoms with Crippen molar-refractivity contribution in [3.63, 3.8) is 0 Å². The molecule has 1 aliphatic rings. The molecule has 3 aromatic carbocycles. The minimum absolute atomic E-state index is 0.00165. The van der Waals surface area contributed by atoms with Crippen molar-refractivity contribution in [1.29, 1.82) is 0 Å². The third kappa shape index (κ3) is 7.26. The van der Waals surface area contributed by atoms with Crippen LogP contribution in [0.1, 0.15) is 35.1 Å². The molecular weight excluding hydrogens is 524 g/mol. The van der Waals surface area contributed by atoms with Crippen molar-refractivity contribution < 1.29 is 26.3 Å². The van der Waals surface area contributed by atoms with Gasteiger partial charge in [-0.2, -0.15) is 26.3 Å². The number of anilines is 1. The summed E-state index contributed by atoms with van der Waals surface area (Å²) < 4.78 is 82.2. The van der Waals surface area contributed by atoms with E-state index in [1.165, 1.54) is 4.90 Å². The Morgan fingerprint density at radius 2 is 1.32 bits per heavy atom. The number of benzene rings is 3. The molecule has 3 nitrogen and oxygen atoms in total. The molecule has 38 heavy (non-hydrogen) atoms. The van der Waals surface area contributed by atoms with E-state index in [1.54, 1.807) is 30.3 Å². The topological polar surface area (TPSA) is 18.5 Å². The van der Waals surface area contributed by atoms with E-state index in [0.29, 0.717) is 18.7 Å². The highest BCUT2D eigenvalue weighted by Gasteiger charge is 2.38. The normalized spacial score (nSPS) is 15.9. The summed E-state index contributed by atoms with van der Waals surface area (Å²) in [7, 11) is 0. The monoisotopic (exact) mass is 551 g/mol. The first kappa shape index (κ1) is 27.9. The molecule has 202 valence electrons. The van der Waals surface area contributed by atoms with Crippen molar-refractivity contribution in [2.45, 2.75) is 44.3 Å². The van der Waals surface area contributed by atoms with E-state index < -0.39 is 23.5 Å². The Labute approximate surface area is 223 Å². The lowest BCUT2D eigenvalue weighted by atomic mass is 10.1. The predicted molar refractivity (Wildman–Crippen MR) is 140 cm³/mol. The fourth-order valence-corrected chi connectivity index (χ4v) is 4.80. The molecule has 1 fully saturated rings. The van der Waals surface area contributed by atoms with Crippen molar-refractivity contribution >= 4 is 23.0 Å². The molecular formula is C28H27F6N3S. The van der Waals surface area contributed by atoms with Crippen LogP contribution in [0.3, 0.4) is 0 Å². The molecule has 10 heteroatoms. The number of nitrogens with one attached hydrogen (secondary N) is 1. The molecule has 1 heterocycles. The molecule has 0 spiro atoms. The predicted octanol–water partition coefficient (Wildman–Crippen LogP) is 7.27. The second kappa shape index (κ2) is 11.7. The van der Waals surface area contributed by atoms with E-state index in [0.717, 1.165) is 37.1 Å². The lowest BCUT2D eigenvalue weighted by molar-refractivity contribution is -0.143. The van der Waals surface area contributed by atoms with Gasteiger partial charge in [0.2, 0.25) is 0 Å². The third-order valence-corrected chi connectivity index (χ3v) is 6.87. The van der Waals surface area contributed by atoms with Gasteiger partial charge in [-0.05, 0) is 60.9 Å². The fourth-order valence-electron chi connectivity index (χ4n) is 4.49. The zero-order valence-corrected chi connectivity index (χ0v) is 21.2. The van der Waals surface area contributed by atoms with Crippen molar-refractivity contribution in [3.05, 3.63) is 101 Å². The van der Waals surface area contributed by atoms with Crippen LogP contribution in [-0.4, -0.2) is 29.1 Å². The quantitative estimate of drug-likeness (QED) is 0.246. The zero-order chi connectivity index (χ0) is 27.3. The number of halogens is 6. The largest absolute Gasteiger partial charge is 0.416 e. The molecule has 4 rings (SSSR count). The second-order valence-corrected chi connectivity index (χ2v) is 9.64. The lowest BCUT2D eigenvalue weighted by Crippen LogP contribution is -2.47. The Morgan fingerprint density at radius 1 is 0.789 bits per heavy atom. The summed E-state index contributed by atoms with van der Waals surface area (Å²) in [6, 6.07) is 19.9. The van der Waals surface area contributed by atoms with Crippen molar-refractivity contribution in [1.82, 2.24) is 10.2 Å². The molecule has 1 saturated heterocycles. The van der Waals surface area contributed by atoms with Gasteiger partial charge in [-0.25, -0.2) is 0 Å². The number of thiocarbonyl (C=S) groups is 1. The first-order valence-corrected chi connectivity index (χ1v) is 12.6. The SMILES string of the molecule is FC(F)(F)c1cc(N(Cc2ccccc2)C(=S)N(Cc2ccccc2)C[C@@H]2CCCN2)cc(C(F)(F)F)c1. The zero-order valence-electron chi connectivity index (χ0n) is 20.4.